The maximum absolute atomic E-state index is 13.0. The number of aliphatic hydroxyl groups is 1. The Morgan fingerprint density at radius 2 is 1.89 bits per heavy atom. The minimum absolute atomic E-state index is 0.0736. The molecule has 2 fully saturated rings. The molecule has 1 saturated heterocycles. The van der Waals surface area contributed by atoms with Gasteiger partial charge in [0, 0.05) is 12.6 Å². The number of benzene rings is 1. The zero-order chi connectivity index (χ0) is 19.1. The number of carbonyl (C=O) groups excluding carboxylic acids is 1. The van der Waals surface area contributed by atoms with Crippen LogP contribution in [-0.4, -0.2) is 60.9 Å². The first-order chi connectivity index (χ1) is 13.1. The number of ether oxygens (including phenoxy) is 2. The van der Waals surface area contributed by atoms with Crippen LogP contribution in [0.5, 0.6) is 11.5 Å². The van der Waals surface area contributed by atoms with Crippen molar-refractivity contribution in [2.75, 3.05) is 33.4 Å². The average Bonchev–Trinajstić information content (AvgIpc) is 3.26. The molecule has 1 aromatic carbocycles. The molecule has 0 bridgehead atoms. The molecule has 1 atom stereocenters. The quantitative estimate of drug-likeness (QED) is 0.729. The molecule has 6 nitrogen and oxygen atoms in total. The van der Waals surface area contributed by atoms with Gasteiger partial charge in [0.05, 0.1) is 7.11 Å². The van der Waals surface area contributed by atoms with Crippen molar-refractivity contribution >= 4 is 5.91 Å². The van der Waals surface area contributed by atoms with Crippen LogP contribution in [0.15, 0.2) is 24.3 Å². The van der Waals surface area contributed by atoms with Crippen molar-refractivity contribution in [2.45, 2.75) is 56.6 Å². The smallest absolute Gasteiger partial charge is 0.240 e. The lowest BCUT2D eigenvalue weighted by atomic mass is 9.79. The summed E-state index contributed by atoms with van der Waals surface area (Å²) < 4.78 is 10.8. The predicted molar refractivity (Wildman–Crippen MR) is 104 cm³/mol. The van der Waals surface area contributed by atoms with E-state index in [0.29, 0.717) is 11.5 Å². The largest absolute Gasteiger partial charge is 0.497 e. The van der Waals surface area contributed by atoms with E-state index in [2.05, 4.69) is 10.2 Å². The Morgan fingerprint density at radius 3 is 2.59 bits per heavy atom. The minimum atomic E-state index is -0.751. The Bertz CT molecular complexity index is 610. The van der Waals surface area contributed by atoms with E-state index in [9.17, 15) is 9.90 Å². The van der Waals surface area contributed by atoms with Crippen molar-refractivity contribution < 1.29 is 19.4 Å². The van der Waals surface area contributed by atoms with Crippen LogP contribution in [-0.2, 0) is 4.79 Å². The number of nitrogens with zero attached hydrogens (tertiary/aromatic N) is 1. The van der Waals surface area contributed by atoms with Gasteiger partial charge in [-0.25, -0.2) is 0 Å². The Hall–Kier alpha value is -1.79. The summed E-state index contributed by atoms with van der Waals surface area (Å²) in [4.78, 5) is 15.4. The molecule has 6 heteroatoms. The zero-order valence-electron chi connectivity index (χ0n) is 16.3. The van der Waals surface area contributed by atoms with Gasteiger partial charge in [0.15, 0.2) is 0 Å². The third-order valence-electron chi connectivity index (χ3n) is 5.80. The van der Waals surface area contributed by atoms with Gasteiger partial charge in [0.1, 0.15) is 29.7 Å². The molecular formula is C21H32N2O4. The first-order valence-electron chi connectivity index (χ1n) is 10.1. The number of hydrogen-bond acceptors (Lipinski definition) is 5. The number of nitrogens with one attached hydrogen (secondary N) is 1. The molecular weight excluding hydrogens is 344 g/mol. The summed E-state index contributed by atoms with van der Waals surface area (Å²) in [6.45, 7) is 2.35. The molecule has 3 rings (SSSR count). The summed E-state index contributed by atoms with van der Waals surface area (Å²) in [6, 6.07) is 7.27. The van der Waals surface area contributed by atoms with E-state index in [1.54, 1.807) is 13.2 Å². The lowest BCUT2D eigenvalue weighted by molar-refractivity contribution is -0.136. The van der Waals surface area contributed by atoms with Gasteiger partial charge in [-0.1, -0.05) is 25.3 Å². The van der Waals surface area contributed by atoms with Crippen LogP contribution < -0.4 is 14.8 Å². The molecule has 1 amide bonds. The Morgan fingerprint density at radius 1 is 1.19 bits per heavy atom. The van der Waals surface area contributed by atoms with Gasteiger partial charge in [-0.05, 0) is 50.9 Å². The van der Waals surface area contributed by atoms with Gasteiger partial charge >= 0.3 is 0 Å². The molecule has 0 spiro atoms. The maximum atomic E-state index is 13.0. The van der Waals surface area contributed by atoms with E-state index in [0.717, 1.165) is 38.8 Å². The van der Waals surface area contributed by atoms with E-state index in [-0.39, 0.29) is 24.6 Å². The van der Waals surface area contributed by atoms with Gasteiger partial charge in [0.25, 0.3) is 0 Å². The van der Waals surface area contributed by atoms with E-state index in [4.69, 9.17) is 9.47 Å². The van der Waals surface area contributed by atoms with Crippen LogP contribution >= 0.6 is 0 Å². The van der Waals surface area contributed by atoms with Crippen molar-refractivity contribution in [1.29, 1.82) is 0 Å². The summed E-state index contributed by atoms with van der Waals surface area (Å²) in [5.74, 6) is 1.42. The zero-order valence-corrected chi connectivity index (χ0v) is 16.3. The molecule has 1 heterocycles. The van der Waals surface area contributed by atoms with Gasteiger partial charge in [0.2, 0.25) is 5.91 Å². The summed E-state index contributed by atoms with van der Waals surface area (Å²) in [7, 11) is 1.60. The number of rotatable bonds is 8. The van der Waals surface area contributed by atoms with Crippen LogP contribution in [0.3, 0.4) is 0 Å². The fourth-order valence-electron chi connectivity index (χ4n) is 4.29. The molecule has 27 heavy (non-hydrogen) atoms. The van der Waals surface area contributed by atoms with Gasteiger partial charge in [-0.2, -0.15) is 0 Å². The van der Waals surface area contributed by atoms with E-state index < -0.39 is 6.10 Å². The van der Waals surface area contributed by atoms with Crippen LogP contribution in [0.2, 0.25) is 0 Å². The lowest BCUT2D eigenvalue weighted by Gasteiger charge is -2.43. The fourth-order valence-corrected chi connectivity index (χ4v) is 4.29. The number of likely N-dealkylation sites (tertiary alicyclic amines) is 1. The van der Waals surface area contributed by atoms with Crippen molar-refractivity contribution in [1.82, 2.24) is 10.2 Å². The molecule has 0 radical (unpaired) electrons. The number of amides is 1. The highest BCUT2D eigenvalue weighted by Crippen LogP contribution is 2.36. The Kier molecular flexibility index (Phi) is 6.96. The Labute approximate surface area is 161 Å². The molecule has 1 aliphatic heterocycles. The van der Waals surface area contributed by atoms with Crippen molar-refractivity contribution in [3.63, 3.8) is 0 Å². The highest BCUT2D eigenvalue weighted by Gasteiger charge is 2.45. The first-order valence-corrected chi connectivity index (χ1v) is 10.1. The standard InChI is InChI=1S/C21H32N2O4/c1-26-18-8-7-9-19(14-18)27-16-17(24)15-22-20(25)21(10-3-2-4-11-21)23-12-5-6-13-23/h7-9,14,17,24H,2-6,10-13,15-16H2,1H3,(H,22,25). The summed E-state index contributed by atoms with van der Waals surface area (Å²) >= 11 is 0. The highest BCUT2D eigenvalue weighted by atomic mass is 16.5. The van der Waals surface area contributed by atoms with Crippen LogP contribution in [0.4, 0.5) is 0 Å². The Balaban J connectivity index is 1.50. The normalized spacial score (nSPS) is 20.8. The van der Waals surface area contributed by atoms with Gasteiger partial charge in [-0.3, -0.25) is 9.69 Å². The number of hydrogen-bond donors (Lipinski definition) is 2. The second-order valence-corrected chi connectivity index (χ2v) is 7.64. The second-order valence-electron chi connectivity index (χ2n) is 7.64. The second kappa shape index (κ2) is 9.42. The molecule has 0 aromatic heterocycles. The van der Waals surface area contributed by atoms with Gasteiger partial charge < -0.3 is 19.9 Å². The number of aliphatic hydroxyl groups excluding tert-OH is 1. The SMILES string of the molecule is COc1cccc(OCC(O)CNC(=O)C2(N3CCCC3)CCCCC2)c1. The number of carbonyl (C=O) groups is 1. The topological polar surface area (TPSA) is 71.0 Å². The molecule has 1 aliphatic carbocycles. The minimum Gasteiger partial charge on any atom is -0.497 e. The van der Waals surface area contributed by atoms with E-state index in [1.165, 1.54) is 19.3 Å². The van der Waals surface area contributed by atoms with Crippen LogP contribution in [0, 0.1) is 0 Å². The van der Waals surface area contributed by atoms with Crippen LogP contribution in [0.25, 0.3) is 0 Å². The third kappa shape index (κ3) is 4.93. The van der Waals surface area contributed by atoms with Gasteiger partial charge in [-0.15, -0.1) is 0 Å². The fraction of sp³-hybridized carbons (Fsp3) is 0.667. The molecule has 1 unspecified atom stereocenters. The van der Waals surface area contributed by atoms with Crippen molar-refractivity contribution in [3.05, 3.63) is 24.3 Å². The average molecular weight is 376 g/mol. The van der Waals surface area contributed by atoms with Crippen LogP contribution in [0.1, 0.15) is 44.9 Å². The monoisotopic (exact) mass is 376 g/mol. The summed E-state index contributed by atoms with van der Waals surface area (Å²) in [5, 5.41) is 13.2. The summed E-state index contributed by atoms with van der Waals surface area (Å²) in [6.07, 6.45) is 6.86. The highest BCUT2D eigenvalue weighted by molar-refractivity contribution is 5.86. The molecule has 2 aliphatic rings. The van der Waals surface area contributed by atoms with E-state index in [1.807, 2.05) is 18.2 Å². The molecule has 1 aromatic rings. The molecule has 150 valence electrons. The first kappa shape index (κ1) is 20.0. The van der Waals surface area contributed by atoms with Crippen molar-refractivity contribution in [3.8, 4) is 11.5 Å². The molecule has 2 N–H and O–H groups in total. The number of methoxy groups -OCH3 is 1. The predicted octanol–water partition coefficient (Wildman–Crippen LogP) is 2.35. The summed E-state index contributed by atoms with van der Waals surface area (Å²) in [5.41, 5.74) is -0.373. The lowest BCUT2D eigenvalue weighted by Crippen LogP contribution is -2.59. The van der Waals surface area contributed by atoms with E-state index >= 15 is 0 Å². The third-order valence-corrected chi connectivity index (χ3v) is 5.80. The maximum Gasteiger partial charge on any atom is 0.240 e. The molecule has 1 saturated carbocycles. The van der Waals surface area contributed by atoms with Crippen molar-refractivity contribution in [2.24, 2.45) is 0 Å².